The third-order valence-corrected chi connectivity index (χ3v) is 4.74. The number of amides is 1. The molecule has 0 aliphatic carbocycles. The van der Waals surface area contributed by atoms with Gasteiger partial charge in [0.15, 0.2) is 0 Å². The van der Waals surface area contributed by atoms with Crippen molar-refractivity contribution in [1.29, 1.82) is 0 Å². The van der Waals surface area contributed by atoms with Crippen LogP contribution in [-0.2, 0) is 4.79 Å². The third kappa shape index (κ3) is 3.36. The molecule has 1 aliphatic rings. The SMILES string of the molecule is CC(C)(C)N1C(=O)CCCC(N)C1c1cccc(Cl)c1Cl. The molecule has 21 heavy (non-hydrogen) atoms. The maximum Gasteiger partial charge on any atom is 0.223 e. The van der Waals surface area contributed by atoms with Gasteiger partial charge in [-0.3, -0.25) is 4.79 Å². The van der Waals surface area contributed by atoms with Crippen LogP contribution in [0.4, 0.5) is 0 Å². The molecule has 116 valence electrons. The fourth-order valence-corrected chi connectivity index (χ4v) is 3.44. The van der Waals surface area contributed by atoms with Crippen molar-refractivity contribution >= 4 is 29.1 Å². The first-order chi connectivity index (χ1) is 9.73. The molecule has 1 amide bonds. The van der Waals surface area contributed by atoms with Crippen LogP contribution < -0.4 is 5.73 Å². The van der Waals surface area contributed by atoms with E-state index in [4.69, 9.17) is 28.9 Å². The second-order valence-electron chi connectivity index (χ2n) is 6.58. The van der Waals surface area contributed by atoms with E-state index in [2.05, 4.69) is 0 Å². The number of halogens is 2. The number of hydrogen-bond donors (Lipinski definition) is 1. The summed E-state index contributed by atoms with van der Waals surface area (Å²) in [7, 11) is 0. The summed E-state index contributed by atoms with van der Waals surface area (Å²) in [4.78, 5) is 14.5. The highest BCUT2D eigenvalue weighted by Gasteiger charge is 2.39. The second kappa shape index (κ2) is 6.15. The molecule has 2 unspecified atom stereocenters. The van der Waals surface area contributed by atoms with E-state index >= 15 is 0 Å². The van der Waals surface area contributed by atoms with Crippen LogP contribution in [-0.4, -0.2) is 22.4 Å². The van der Waals surface area contributed by atoms with Crippen molar-refractivity contribution in [2.24, 2.45) is 5.73 Å². The van der Waals surface area contributed by atoms with Crippen molar-refractivity contribution < 1.29 is 4.79 Å². The lowest BCUT2D eigenvalue weighted by Gasteiger charge is -2.43. The van der Waals surface area contributed by atoms with E-state index in [1.807, 2.05) is 37.8 Å². The number of nitrogens with zero attached hydrogens (tertiary/aromatic N) is 1. The highest BCUT2D eigenvalue weighted by Crippen LogP contribution is 2.40. The van der Waals surface area contributed by atoms with Gasteiger partial charge in [-0.2, -0.15) is 0 Å². The molecule has 2 atom stereocenters. The Labute approximate surface area is 136 Å². The molecule has 3 nitrogen and oxygen atoms in total. The molecule has 5 heteroatoms. The highest BCUT2D eigenvalue weighted by molar-refractivity contribution is 6.42. The zero-order chi connectivity index (χ0) is 15.8. The number of benzene rings is 1. The average Bonchev–Trinajstić information content (AvgIpc) is 2.51. The molecule has 2 N–H and O–H groups in total. The molecule has 1 aromatic rings. The van der Waals surface area contributed by atoms with Crippen LogP contribution in [0, 0.1) is 0 Å². The van der Waals surface area contributed by atoms with E-state index in [9.17, 15) is 4.79 Å². The molecule has 0 bridgehead atoms. The molecule has 1 aromatic carbocycles. The van der Waals surface area contributed by atoms with Crippen molar-refractivity contribution in [3.05, 3.63) is 33.8 Å². The normalized spacial score (nSPS) is 24.1. The van der Waals surface area contributed by atoms with Gasteiger partial charge in [0.05, 0.1) is 16.1 Å². The van der Waals surface area contributed by atoms with Gasteiger partial charge in [0, 0.05) is 18.0 Å². The fraction of sp³-hybridized carbons (Fsp3) is 0.562. The second-order valence-corrected chi connectivity index (χ2v) is 7.36. The third-order valence-electron chi connectivity index (χ3n) is 3.90. The van der Waals surface area contributed by atoms with Crippen molar-refractivity contribution in [3.63, 3.8) is 0 Å². The Balaban J connectivity index is 2.57. The minimum Gasteiger partial charge on any atom is -0.329 e. The maximum atomic E-state index is 12.6. The summed E-state index contributed by atoms with van der Waals surface area (Å²) in [6.45, 7) is 6.07. The van der Waals surface area contributed by atoms with Gasteiger partial charge in [0.1, 0.15) is 0 Å². The molecule has 1 heterocycles. The molecule has 1 aliphatic heterocycles. The Kier molecular flexibility index (Phi) is 4.86. The van der Waals surface area contributed by atoms with Crippen LogP contribution in [0.5, 0.6) is 0 Å². The van der Waals surface area contributed by atoms with Crippen molar-refractivity contribution in [2.75, 3.05) is 0 Å². The molecule has 1 fully saturated rings. The first kappa shape index (κ1) is 16.6. The van der Waals surface area contributed by atoms with E-state index in [1.165, 1.54) is 0 Å². The Morgan fingerprint density at radius 3 is 2.57 bits per heavy atom. The first-order valence-electron chi connectivity index (χ1n) is 7.25. The van der Waals surface area contributed by atoms with Gasteiger partial charge in [0.2, 0.25) is 5.91 Å². The zero-order valence-electron chi connectivity index (χ0n) is 12.7. The number of carbonyl (C=O) groups excluding carboxylic acids is 1. The van der Waals surface area contributed by atoms with Crippen molar-refractivity contribution in [1.82, 2.24) is 4.90 Å². The maximum absolute atomic E-state index is 12.6. The number of hydrogen-bond acceptors (Lipinski definition) is 2. The van der Waals surface area contributed by atoms with Gasteiger partial charge in [-0.15, -0.1) is 0 Å². The van der Waals surface area contributed by atoms with E-state index in [0.717, 1.165) is 18.4 Å². The Morgan fingerprint density at radius 2 is 1.95 bits per heavy atom. The quantitative estimate of drug-likeness (QED) is 0.840. The molecule has 2 rings (SSSR count). The summed E-state index contributed by atoms with van der Waals surface area (Å²) in [6.07, 6.45) is 2.13. The number of rotatable bonds is 1. The van der Waals surface area contributed by atoms with Gasteiger partial charge in [-0.1, -0.05) is 35.3 Å². The number of nitrogens with two attached hydrogens (primary N) is 1. The lowest BCUT2D eigenvalue weighted by atomic mass is 9.92. The van der Waals surface area contributed by atoms with Crippen molar-refractivity contribution in [3.8, 4) is 0 Å². The topological polar surface area (TPSA) is 46.3 Å². The van der Waals surface area contributed by atoms with Crippen LogP contribution in [0.15, 0.2) is 18.2 Å². The van der Waals surface area contributed by atoms with Gasteiger partial charge >= 0.3 is 0 Å². The average molecular weight is 329 g/mol. The van der Waals surface area contributed by atoms with Gasteiger partial charge in [0.25, 0.3) is 0 Å². The van der Waals surface area contributed by atoms with Crippen LogP contribution in [0.2, 0.25) is 10.0 Å². The lowest BCUT2D eigenvalue weighted by molar-refractivity contribution is -0.139. The van der Waals surface area contributed by atoms with Crippen LogP contribution in [0.1, 0.15) is 51.6 Å². The summed E-state index contributed by atoms with van der Waals surface area (Å²) >= 11 is 12.5. The molecule has 0 saturated carbocycles. The van der Waals surface area contributed by atoms with Crippen LogP contribution in [0.25, 0.3) is 0 Å². The summed E-state index contributed by atoms with van der Waals surface area (Å²) < 4.78 is 0. The molecule has 1 saturated heterocycles. The molecular weight excluding hydrogens is 307 g/mol. The smallest absolute Gasteiger partial charge is 0.223 e. The molecule has 0 radical (unpaired) electrons. The summed E-state index contributed by atoms with van der Waals surface area (Å²) in [5.41, 5.74) is 6.89. The lowest BCUT2D eigenvalue weighted by Crippen LogP contribution is -2.51. The van der Waals surface area contributed by atoms with Crippen LogP contribution in [0.3, 0.4) is 0 Å². The summed E-state index contributed by atoms with van der Waals surface area (Å²) in [6, 6.07) is 5.12. The van der Waals surface area contributed by atoms with Gasteiger partial charge in [-0.05, 0) is 45.2 Å². The number of likely N-dealkylation sites (tertiary alicyclic amines) is 1. The monoisotopic (exact) mass is 328 g/mol. The minimum atomic E-state index is -0.324. The predicted molar refractivity (Wildman–Crippen MR) is 87.6 cm³/mol. The molecule has 0 spiro atoms. The Hall–Kier alpha value is -0.770. The molecule has 0 aromatic heterocycles. The van der Waals surface area contributed by atoms with Crippen LogP contribution >= 0.6 is 23.2 Å². The first-order valence-corrected chi connectivity index (χ1v) is 8.00. The highest BCUT2D eigenvalue weighted by atomic mass is 35.5. The standard InChI is InChI=1S/C16H22Cl2N2O/c1-16(2,3)20-13(21)9-5-8-12(19)15(20)10-6-4-7-11(17)14(10)18/h4,6-7,12,15H,5,8-9,19H2,1-3H3. The van der Waals surface area contributed by atoms with E-state index in [0.29, 0.717) is 16.5 Å². The number of carbonyl (C=O) groups is 1. The van der Waals surface area contributed by atoms with Gasteiger partial charge < -0.3 is 10.6 Å². The van der Waals surface area contributed by atoms with Crippen molar-refractivity contribution in [2.45, 2.75) is 57.7 Å². The van der Waals surface area contributed by atoms with E-state index in [-0.39, 0.29) is 23.5 Å². The summed E-state index contributed by atoms with van der Waals surface area (Å²) in [5.74, 6) is 0.122. The zero-order valence-corrected chi connectivity index (χ0v) is 14.2. The van der Waals surface area contributed by atoms with E-state index in [1.54, 1.807) is 6.07 Å². The van der Waals surface area contributed by atoms with E-state index < -0.39 is 0 Å². The van der Waals surface area contributed by atoms with Gasteiger partial charge in [-0.25, -0.2) is 0 Å². The predicted octanol–water partition coefficient (Wildman–Crippen LogP) is 4.17. The summed E-state index contributed by atoms with van der Waals surface area (Å²) in [5, 5.41) is 0.982. The largest absolute Gasteiger partial charge is 0.329 e. The Bertz CT molecular complexity index is 540. The minimum absolute atomic E-state index is 0.122. The molecular formula is C16H22Cl2N2O. The fourth-order valence-electron chi connectivity index (χ4n) is 3.02. The Morgan fingerprint density at radius 1 is 1.29 bits per heavy atom.